The van der Waals surface area contributed by atoms with Gasteiger partial charge in [-0.3, -0.25) is 0 Å². The van der Waals surface area contributed by atoms with Crippen LogP contribution in [0.25, 0.3) is 0 Å². The van der Waals surface area contributed by atoms with E-state index in [1.807, 2.05) is 6.07 Å². The molecular formula is C14H22BrFN2. The van der Waals surface area contributed by atoms with Gasteiger partial charge < -0.3 is 10.2 Å². The Labute approximate surface area is 118 Å². The minimum Gasteiger partial charge on any atom is -0.312 e. The van der Waals surface area contributed by atoms with Crippen LogP contribution in [0.5, 0.6) is 0 Å². The Morgan fingerprint density at radius 3 is 2.61 bits per heavy atom. The first-order valence-corrected chi connectivity index (χ1v) is 7.34. The summed E-state index contributed by atoms with van der Waals surface area (Å²) in [7, 11) is 0. The molecule has 0 radical (unpaired) electrons. The maximum atomic E-state index is 13.5. The van der Waals surface area contributed by atoms with Crippen LogP contribution in [0.3, 0.4) is 0 Å². The Hall–Kier alpha value is -0.450. The van der Waals surface area contributed by atoms with Gasteiger partial charge in [-0.05, 0) is 44.7 Å². The van der Waals surface area contributed by atoms with E-state index < -0.39 is 0 Å². The largest absolute Gasteiger partial charge is 0.312 e. The van der Waals surface area contributed by atoms with Gasteiger partial charge in [0.25, 0.3) is 0 Å². The highest BCUT2D eigenvalue weighted by Gasteiger charge is 2.05. The van der Waals surface area contributed by atoms with Crippen LogP contribution in [-0.4, -0.2) is 31.1 Å². The van der Waals surface area contributed by atoms with E-state index in [1.54, 1.807) is 6.07 Å². The highest BCUT2D eigenvalue weighted by molar-refractivity contribution is 9.10. The molecule has 0 aliphatic rings. The molecule has 0 atom stereocenters. The summed E-state index contributed by atoms with van der Waals surface area (Å²) in [5.74, 6) is -0.152. The van der Waals surface area contributed by atoms with Gasteiger partial charge in [-0.15, -0.1) is 0 Å². The number of hydrogen-bond acceptors (Lipinski definition) is 2. The molecule has 0 amide bonds. The van der Waals surface area contributed by atoms with Crippen molar-refractivity contribution in [1.29, 1.82) is 0 Å². The third-order valence-corrected chi connectivity index (χ3v) is 3.83. The van der Waals surface area contributed by atoms with Gasteiger partial charge in [-0.1, -0.05) is 35.8 Å². The Kier molecular flexibility index (Phi) is 7.47. The third kappa shape index (κ3) is 5.04. The van der Waals surface area contributed by atoms with E-state index in [4.69, 9.17) is 0 Å². The lowest BCUT2D eigenvalue weighted by Crippen LogP contribution is -2.27. The van der Waals surface area contributed by atoms with Crippen molar-refractivity contribution in [2.75, 3.05) is 26.2 Å². The third-order valence-electron chi connectivity index (χ3n) is 3.09. The molecule has 102 valence electrons. The van der Waals surface area contributed by atoms with Gasteiger partial charge >= 0.3 is 0 Å². The summed E-state index contributed by atoms with van der Waals surface area (Å²) in [5.41, 5.74) is 0.709. The van der Waals surface area contributed by atoms with Crippen molar-refractivity contribution in [3.05, 3.63) is 34.1 Å². The minimum atomic E-state index is -0.152. The number of benzene rings is 1. The summed E-state index contributed by atoms with van der Waals surface area (Å²) in [4.78, 5) is 2.39. The Morgan fingerprint density at radius 2 is 2.00 bits per heavy atom. The van der Waals surface area contributed by atoms with E-state index in [1.165, 1.54) is 6.07 Å². The first-order valence-electron chi connectivity index (χ1n) is 6.55. The lowest BCUT2D eigenvalue weighted by atomic mass is 10.2. The number of halogens is 2. The zero-order chi connectivity index (χ0) is 13.4. The van der Waals surface area contributed by atoms with Gasteiger partial charge in [0.2, 0.25) is 0 Å². The van der Waals surface area contributed by atoms with Crippen molar-refractivity contribution in [2.45, 2.75) is 26.8 Å². The zero-order valence-corrected chi connectivity index (χ0v) is 12.8. The standard InChI is InChI=1S/C14H22BrFN2/c1-3-18(4-2)10-6-9-17-11-12-13(15)7-5-8-14(12)16/h5,7-8,17H,3-4,6,9-11H2,1-2H3. The Morgan fingerprint density at radius 1 is 1.28 bits per heavy atom. The molecule has 0 bridgehead atoms. The van der Waals surface area contributed by atoms with E-state index in [9.17, 15) is 4.39 Å². The molecule has 0 aliphatic heterocycles. The maximum Gasteiger partial charge on any atom is 0.128 e. The highest BCUT2D eigenvalue weighted by atomic mass is 79.9. The summed E-state index contributed by atoms with van der Waals surface area (Å²) < 4.78 is 14.4. The Bertz CT molecular complexity index is 333. The second-order valence-corrected chi connectivity index (χ2v) is 5.11. The van der Waals surface area contributed by atoms with Crippen LogP contribution in [0.1, 0.15) is 25.8 Å². The molecule has 0 saturated heterocycles. The number of rotatable bonds is 8. The number of nitrogens with zero attached hydrogens (tertiary/aromatic N) is 1. The van der Waals surface area contributed by atoms with Crippen LogP contribution in [0, 0.1) is 5.82 Å². The summed E-state index contributed by atoms with van der Waals surface area (Å²) in [6.07, 6.45) is 1.09. The fourth-order valence-electron chi connectivity index (χ4n) is 1.88. The molecule has 4 heteroatoms. The molecule has 1 aromatic carbocycles. The van der Waals surface area contributed by atoms with E-state index in [0.717, 1.165) is 37.1 Å². The summed E-state index contributed by atoms with van der Waals surface area (Å²) in [5, 5.41) is 3.29. The molecule has 0 spiro atoms. The highest BCUT2D eigenvalue weighted by Crippen LogP contribution is 2.19. The van der Waals surface area contributed by atoms with Crippen LogP contribution in [-0.2, 0) is 6.54 Å². The monoisotopic (exact) mass is 316 g/mol. The molecule has 0 unspecified atom stereocenters. The van der Waals surface area contributed by atoms with E-state index >= 15 is 0 Å². The lowest BCUT2D eigenvalue weighted by molar-refractivity contribution is 0.298. The molecule has 0 fully saturated rings. The quantitative estimate of drug-likeness (QED) is 0.739. The second-order valence-electron chi connectivity index (χ2n) is 4.26. The second kappa shape index (κ2) is 8.62. The van der Waals surface area contributed by atoms with Crippen LogP contribution >= 0.6 is 15.9 Å². The van der Waals surface area contributed by atoms with Gasteiger partial charge in [0.1, 0.15) is 5.82 Å². The fraction of sp³-hybridized carbons (Fsp3) is 0.571. The molecule has 1 N–H and O–H groups in total. The van der Waals surface area contributed by atoms with Crippen molar-refractivity contribution in [1.82, 2.24) is 10.2 Å². The normalized spacial score (nSPS) is 11.2. The van der Waals surface area contributed by atoms with Gasteiger partial charge in [0, 0.05) is 16.6 Å². The molecule has 0 aliphatic carbocycles. The van der Waals surface area contributed by atoms with Gasteiger partial charge in [0.05, 0.1) is 0 Å². The van der Waals surface area contributed by atoms with Crippen LogP contribution in [0.15, 0.2) is 22.7 Å². The van der Waals surface area contributed by atoms with Crippen molar-refractivity contribution in [3.8, 4) is 0 Å². The molecule has 0 aromatic heterocycles. The van der Waals surface area contributed by atoms with E-state index in [0.29, 0.717) is 12.1 Å². The zero-order valence-electron chi connectivity index (χ0n) is 11.2. The number of nitrogens with one attached hydrogen (secondary N) is 1. The van der Waals surface area contributed by atoms with E-state index in [2.05, 4.69) is 40.0 Å². The molecule has 18 heavy (non-hydrogen) atoms. The van der Waals surface area contributed by atoms with Crippen molar-refractivity contribution < 1.29 is 4.39 Å². The predicted octanol–water partition coefficient (Wildman–Crippen LogP) is 3.41. The van der Waals surface area contributed by atoms with E-state index in [-0.39, 0.29) is 5.82 Å². The van der Waals surface area contributed by atoms with Crippen LogP contribution < -0.4 is 5.32 Å². The number of hydrogen-bond donors (Lipinski definition) is 1. The fourth-order valence-corrected chi connectivity index (χ4v) is 2.36. The maximum absolute atomic E-state index is 13.5. The first kappa shape index (κ1) is 15.6. The smallest absolute Gasteiger partial charge is 0.128 e. The van der Waals surface area contributed by atoms with Crippen molar-refractivity contribution in [3.63, 3.8) is 0 Å². The molecule has 0 saturated carbocycles. The SMILES string of the molecule is CCN(CC)CCCNCc1c(F)cccc1Br. The van der Waals surface area contributed by atoms with Gasteiger partial charge in [-0.25, -0.2) is 4.39 Å². The minimum absolute atomic E-state index is 0.152. The summed E-state index contributed by atoms with van der Waals surface area (Å²) in [6, 6.07) is 5.08. The van der Waals surface area contributed by atoms with Crippen molar-refractivity contribution >= 4 is 15.9 Å². The molecule has 2 nitrogen and oxygen atoms in total. The average molecular weight is 317 g/mol. The summed E-state index contributed by atoms with van der Waals surface area (Å²) >= 11 is 3.37. The molecule has 0 heterocycles. The predicted molar refractivity (Wildman–Crippen MR) is 78.2 cm³/mol. The molecular weight excluding hydrogens is 295 g/mol. The molecule has 1 aromatic rings. The topological polar surface area (TPSA) is 15.3 Å². The van der Waals surface area contributed by atoms with Crippen molar-refractivity contribution in [2.24, 2.45) is 0 Å². The van der Waals surface area contributed by atoms with Crippen LogP contribution in [0.4, 0.5) is 4.39 Å². The molecule has 1 rings (SSSR count). The average Bonchev–Trinajstić information content (AvgIpc) is 2.37. The first-order chi connectivity index (χ1) is 8.69. The van der Waals surface area contributed by atoms with Gasteiger partial charge in [0.15, 0.2) is 0 Å². The summed E-state index contributed by atoms with van der Waals surface area (Å²) in [6.45, 7) is 9.12. The lowest BCUT2D eigenvalue weighted by Gasteiger charge is -2.17. The van der Waals surface area contributed by atoms with Crippen LogP contribution in [0.2, 0.25) is 0 Å². The Balaban J connectivity index is 2.26. The van der Waals surface area contributed by atoms with Gasteiger partial charge in [-0.2, -0.15) is 0 Å².